The van der Waals surface area contributed by atoms with Crippen LogP contribution >= 0.6 is 12.2 Å². The normalized spacial score (nSPS) is 17.8. The van der Waals surface area contributed by atoms with Crippen LogP contribution in [0.4, 0.5) is 5.69 Å². The summed E-state index contributed by atoms with van der Waals surface area (Å²) in [5, 5.41) is 4.29. The van der Waals surface area contributed by atoms with Crippen LogP contribution in [0.5, 0.6) is 0 Å². The molecule has 1 N–H and O–H groups in total. The number of pyridine rings is 2. The van der Waals surface area contributed by atoms with Gasteiger partial charge in [0.25, 0.3) is 0 Å². The second-order valence-electron chi connectivity index (χ2n) is 9.55. The average molecular weight is 482 g/mol. The summed E-state index contributed by atoms with van der Waals surface area (Å²) in [7, 11) is 0. The lowest BCUT2D eigenvalue weighted by Gasteiger charge is -2.28. The number of anilines is 1. The van der Waals surface area contributed by atoms with Gasteiger partial charge in [-0.25, -0.2) is 4.98 Å². The third kappa shape index (κ3) is 4.12. The molecule has 0 saturated carbocycles. The van der Waals surface area contributed by atoms with Gasteiger partial charge < -0.3 is 14.8 Å². The number of aromatic nitrogens is 3. The van der Waals surface area contributed by atoms with Crippen molar-refractivity contribution in [2.75, 3.05) is 4.90 Å². The Morgan fingerprint density at radius 3 is 2.31 bits per heavy atom. The third-order valence-electron chi connectivity index (χ3n) is 6.92. The van der Waals surface area contributed by atoms with Crippen LogP contribution in [0.1, 0.15) is 65.6 Å². The number of aryl methyl sites for hydroxylation is 2. The van der Waals surface area contributed by atoms with Crippen molar-refractivity contribution in [2.45, 2.75) is 52.6 Å². The molecule has 4 aromatic rings. The second-order valence-corrected chi connectivity index (χ2v) is 9.94. The lowest BCUT2D eigenvalue weighted by molar-refractivity contribution is 0.565. The molecule has 1 aliphatic rings. The molecule has 3 aromatic heterocycles. The highest BCUT2D eigenvalue weighted by atomic mass is 32.1. The lowest BCUT2D eigenvalue weighted by Crippen LogP contribution is -2.29. The Bertz CT molecular complexity index is 1360. The molecule has 0 aliphatic carbocycles. The highest BCUT2D eigenvalue weighted by Crippen LogP contribution is 2.44. The van der Waals surface area contributed by atoms with Crippen LogP contribution in [-0.4, -0.2) is 19.6 Å². The number of thiocarbonyl (C=S) groups is 1. The minimum atomic E-state index is -0.0766. The fraction of sp³-hybridized carbons (Fsp3) is 0.276. The molecule has 178 valence electrons. The zero-order valence-electron chi connectivity index (χ0n) is 20.9. The molecule has 0 amide bonds. The van der Waals surface area contributed by atoms with Gasteiger partial charge in [-0.2, -0.15) is 0 Å². The molecule has 0 radical (unpaired) electrons. The first-order valence-corrected chi connectivity index (χ1v) is 12.5. The Hall–Kier alpha value is -3.51. The SMILES string of the molecule is Cc1cccnc1-n1c(C)cc([C@@H]2[C@@H](c3ccccn3)NC(=S)N2c2ccc(C(C)C)cc2)c1C. The molecule has 6 heteroatoms. The zero-order valence-corrected chi connectivity index (χ0v) is 21.7. The highest BCUT2D eigenvalue weighted by molar-refractivity contribution is 7.80. The Morgan fingerprint density at radius 2 is 1.66 bits per heavy atom. The van der Waals surface area contributed by atoms with E-state index in [0.29, 0.717) is 11.0 Å². The van der Waals surface area contributed by atoms with E-state index in [0.717, 1.165) is 34.2 Å². The highest BCUT2D eigenvalue weighted by Gasteiger charge is 2.42. The van der Waals surface area contributed by atoms with Crippen molar-refractivity contribution in [3.8, 4) is 5.82 Å². The van der Waals surface area contributed by atoms with Gasteiger partial charge in [-0.3, -0.25) is 4.98 Å². The molecule has 0 bridgehead atoms. The van der Waals surface area contributed by atoms with Crippen LogP contribution in [0.2, 0.25) is 0 Å². The van der Waals surface area contributed by atoms with Crippen LogP contribution < -0.4 is 10.2 Å². The number of nitrogens with zero attached hydrogens (tertiary/aromatic N) is 4. The fourth-order valence-corrected chi connectivity index (χ4v) is 5.44. The lowest BCUT2D eigenvalue weighted by atomic mass is 9.96. The predicted octanol–water partition coefficient (Wildman–Crippen LogP) is 6.49. The monoisotopic (exact) mass is 481 g/mol. The molecule has 1 saturated heterocycles. The minimum Gasteiger partial charge on any atom is -0.351 e. The quantitative estimate of drug-likeness (QED) is 0.330. The smallest absolute Gasteiger partial charge is 0.174 e. The summed E-state index contributed by atoms with van der Waals surface area (Å²) in [4.78, 5) is 11.6. The molecule has 35 heavy (non-hydrogen) atoms. The maximum atomic E-state index is 5.93. The number of benzene rings is 1. The molecule has 5 nitrogen and oxygen atoms in total. The Morgan fingerprint density at radius 1 is 0.914 bits per heavy atom. The molecule has 0 spiro atoms. The largest absolute Gasteiger partial charge is 0.351 e. The van der Waals surface area contributed by atoms with Crippen molar-refractivity contribution in [3.63, 3.8) is 0 Å². The summed E-state index contributed by atoms with van der Waals surface area (Å²) in [6, 6.07) is 21.0. The van der Waals surface area contributed by atoms with E-state index in [9.17, 15) is 0 Å². The van der Waals surface area contributed by atoms with E-state index < -0.39 is 0 Å². The summed E-state index contributed by atoms with van der Waals surface area (Å²) in [5.41, 5.74) is 8.02. The summed E-state index contributed by atoms with van der Waals surface area (Å²) in [6.45, 7) is 10.8. The van der Waals surface area contributed by atoms with Gasteiger partial charge in [-0.1, -0.05) is 38.1 Å². The van der Waals surface area contributed by atoms with E-state index >= 15 is 0 Å². The van der Waals surface area contributed by atoms with Crippen LogP contribution in [-0.2, 0) is 0 Å². The Balaban J connectivity index is 1.67. The first-order valence-electron chi connectivity index (χ1n) is 12.1. The Labute approximate surface area is 212 Å². The standard InChI is InChI=1S/C29H31N5S/c1-18(2)22-11-13-23(14-12-22)34-27(26(32-29(34)35)25-10-6-7-15-30-25)24-17-20(4)33(21(24)5)28-19(3)9-8-16-31-28/h6-18,26-27H,1-5H3,(H,32,35)/t26-,27-/m1/s1. The molecule has 2 atom stereocenters. The molecule has 1 aromatic carbocycles. The van der Waals surface area contributed by atoms with Crippen LogP contribution in [0, 0.1) is 20.8 Å². The van der Waals surface area contributed by atoms with E-state index in [1.54, 1.807) is 0 Å². The fourth-order valence-electron chi connectivity index (χ4n) is 5.09. The van der Waals surface area contributed by atoms with Gasteiger partial charge in [0.2, 0.25) is 0 Å². The first kappa shape index (κ1) is 23.2. The van der Waals surface area contributed by atoms with E-state index in [1.807, 2.05) is 30.6 Å². The van der Waals surface area contributed by atoms with Crippen molar-refractivity contribution in [3.05, 3.63) is 107 Å². The van der Waals surface area contributed by atoms with Crippen molar-refractivity contribution >= 4 is 23.0 Å². The molecule has 5 rings (SSSR count). The van der Waals surface area contributed by atoms with Gasteiger partial charge in [0.05, 0.1) is 17.8 Å². The summed E-state index contributed by atoms with van der Waals surface area (Å²) in [5.74, 6) is 1.44. The van der Waals surface area contributed by atoms with E-state index in [1.165, 1.54) is 11.1 Å². The Kier molecular flexibility index (Phi) is 6.15. The summed E-state index contributed by atoms with van der Waals surface area (Å²) >= 11 is 5.93. The zero-order chi connectivity index (χ0) is 24.7. The summed E-state index contributed by atoms with van der Waals surface area (Å²) in [6.07, 6.45) is 3.70. The second kappa shape index (κ2) is 9.27. The topological polar surface area (TPSA) is 46.0 Å². The van der Waals surface area contributed by atoms with E-state index in [2.05, 4.69) is 91.9 Å². The van der Waals surface area contributed by atoms with E-state index in [4.69, 9.17) is 22.2 Å². The van der Waals surface area contributed by atoms with Gasteiger partial charge in [-0.15, -0.1) is 0 Å². The summed E-state index contributed by atoms with van der Waals surface area (Å²) < 4.78 is 2.25. The van der Waals surface area contributed by atoms with Gasteiger partial charge in [-0.05, 0) is 92.0 Å². The third-order valence-corrected chi connectivity index (χ3v) is 7.23. The molecular formula is C29H31N5S. The van der Waals surface area contributed by atoms with Crippen molar-refractivity contribution < 1.29 is 0 Å². The van der Waals surface area contributed by atoms with Gasteiger partial charge >= 0.3 is 0 Å². The molecule has 1 aliphatic heterocycles. The molecule has 4 heterocycles. The number of hydrogen-bond acceptors (Lipinski definition) is 3. The van der Waals surface area contributed by atoms with Crippen LogP contribution in [0.3, 0.4) is 0 Å². The molecular weight excluding hydrogens is 450 g/mol. The van der Waals surface area contributed by atoms with Crippen molar-refractivity contribution in [2.24, 2.45) is 0 Å². The average Bonchev–Trinajstić information content (AvgIpc) is 3.35. The molecule has 0 unspecified atom stereocenters. The predicted molar refractivity (Wildman–Crippen MR) is 146 cm³/mol. The van der Waals surface area contributed by atoms with Gasteiger partial charge in [0, 0.05) is 29.5 Å². The number of nitrogens with one attached hydrogen (secondary N) is 1. The minimum absolute atomic E-state index is 0.0498. The van der Waals surface area contributed by atoms with Gasteiger partial charge in [0.15, 0.2) is 5.11 Å². The number of hydrogen-bond donors (Lipinski definition) is 1. The van der Waals surface area contributed by atoms with Gasteiger partial charge in [0.1, 0.15) is 5.82 Å². The number of rotatable bonds is 5. The van der Waals surface area contributed by atoms with Crippen molar-refractivity contribution in [1.29, 1.82) is 0 Å². The maximum absolute atomic E-state index is 5.93. The van der Waals surface area contributed by atoms with Crippen LogP contribution in [0.15, 0.2) is 73.1 Å². The maximum Gasteiger partial charge on any atom is 0.174 e. The van der Waals surface area contributed by atoms with Crippen molar-refractivity contribution in [1.82, 2.24) is 19.9 Å². The first-order chi connectivity index (χ1) is 16.9. The van der Waals surface area contributed by atoms with Crippen LogP contribution in [0.25, 0.3) is 5.82 Å². The van der Waals surface area contributed by atoms with E-state index in [-0.39, 0.29) is 12.1 Å². The molecule has 1 fully saturated rings.